The first-order valence-corrected chi connectivity index (χ1v) is 11.5. The third-order valence-corrected chi connectivity index (χ3v) is 6.54. The molecule has 5 heteroatoms. The van der Waals surface area contributed by atoms with E-state index in [4.69, 9.17) is 4.74 Å². The standard InChI is InChI=1S/C24H35N3O2/c28-24(18-20-19-25-23-9-4-3-8-22(20)23)27(21-10-16-29-17-11-21)15-7-14-26-12-5-1-2-6-13-26/h3-4,8-9,19,21,25H,1-2,5-7,10-18H2. The van der Waals surface area contributed by atoms with E-state index in [9.17, 15) is 4.79 Å². The highest BCUT2D eigenvalue weighted by atomic mass is 16.5. The Morgan fingerprint density at radius 1 is 1.10 bits per heavy atom. The highest BCUT2D eigenvalue weighted by Gasteiger charge is 2.26. The molecule has 1 amide bonds. The lowest BCUT2D eigenvalue weighted by atomic mass is 10.0. The van der Waals surface area contributed by atoms with Gasteiger partial charge in [-0.25, -0.2) is 0 Å². The number of H-pyrrole nitrogens is 1. The van der Waals surface area contributed by atoms with Crippen molar-refractivity contribution in [2.75, 3.05) is 39.4 Å². The zero-order valence-corrected chi connectivity index (χ0v) is 17.6. The molecule has 1 aromatic heterocycles. The van der Waals surface area contributed by atoms with Crippen molar-refractivity contribution in [2.24, 2.45) is 0 Å². The van der Waals surface area contributed by atoms with Gasteiger partial charge in [-0.15, -0.1) is 0 Å². The number of carbonyl (C=O) groups is 1. The van der Waals surface area contributed by atoms with Crippen LogP contribution >= 0.6 is 0 Å². The van der Waals surface area contributed by atoms with E-state index in [1.54, 1.807) is 0 Å². The van der Waals surface area contributed by atoms with Gasteiger partial charge in [-0.3, -0.25) is 4.79 Å². The molecule has 2 fully saturated rings. The first kappa shape index (κ1) is 20.4. The van der Waals surface area contributed by atoms with Gasteiger partial charge in [0.05, 0.1) is 6.42 Å². The van der Waals surface area contributed by atoms with E-state index in [0.717, 1.165) is 62.0 Å². The zero-order valence-electron chi connectivity index (χ0n) is 17.6. The zero-order chi connectivity index (χ0) is 19.9. The predicted molar refractivity (Wildman–Crippen MR) is 117 cm³/mol. The maximum Gasteiger partial charge on any atom is 0.227 e. The van der Waals surface area contributed by atoms with Gasteiger partial charge in [-0.1, -0.05) is 31.0 Å². The van der Waals surface area contributed by atoms with Crippen molar-refractivity contribution in [3.63, 3.8) is 0 Å². The molecule has 2 aromatic rings. The second-order valence-electron chi connectivity index (χ2n) is 8.58. The Morgan fingerprint density at radius 3 is 2.66 bits per heavy atom. The number of aromatic amines is 1. The minimum Gasteiger partial charge on any atom is -0.381 e. The molecule has 1 N–H and O–H groups in total. The minimum atomic E-state index is 0.262. The SMILES string of the molecule is O=C(Cc1c[nH]c2ccccc12)N(CCCN1CCCCCC1)C1CCOCC1. The third kappa shape index (κ3) is 5.40. The smallest absolute Gasteiger partial charge is 0.227 e. The molecule has 0 aliphatic carbocycles. The van der Waals surface area contributed by atoms with E-state index in [1.165, 1.54) is 38.8 Å². The quantitative estimate of drug-likeness (QED) is 0.769. The summed E-state index contributed by atoms with van der Waals surface area (Å²) >= 11 is 0. The van der Waals surface area contributed by atoms with Gasteiger partial charge >= 0.3 is 0 Å². The molecule has 3 heterocycles. The van der Waals surface area contributed by atoms with Gasteiger partial charge in [0.1, 0.15) is 0 Å². The molecule has 0 spiro atoms. The minimum absolute atomic E-state index is 0.262. The van der Waals surface area contributed by atoms with Crippen LogP contribution in [0.1, 0.15) is 50.5 Å². The molecule has 1 aromatic carbocycles. The summed E-state index contributed by atoms with van der Waals surface area (Å²) in [6.07, 6.45) is 10.9. The van der Waals surface area contributed by atoms with E-state index >= 15 is 0 Å². The number of benzene rings is 1. The molecule has 2 aliphatic heterocycles. The summed E-state index contributed by atoms with van der Waals surface area (Å²) < 4.78 is 5.56. The third-order valence-electron chi connectivity index (χ3n) is 6.54. The molecular formula is C24H35N3O2. The van der Waals surface area contributed by atoms with Gasteiger partial charge < -0.3 is 19.5 Å². The van der Waals surface area contributed by atoms with Crippen molar-refractivity contribution >= 4 is 16.8 Å². The molecule has 4 rings (SSSR count). The van der Waals surface area contributed by atoms with E-state index in [0.29, 0.717) is 12.5 Å². The monoisotopic (exact) mass is 397 g/mol. The number of likely N-dealkylation sites (tertiary alicyclic amines) is 1. The number of hydrogen-bond acceptors (Lipinski definition) is 3. The number of para-hydroxylation sites is 1. The maximum atomic E-state index is 13.3. The summed E-state index contributed by atoms with van der Waals surface area (Å²) in [6, 6.07) is 8.57. The van der Waals surface area contributed by atoms with Crippen LogP contribution in [0.2, 0.25) is 0 Å². The van der Waals surface area contributed by atoms with Gasteiger partial charge in [0.2, 0.25) is 5.91 Å². The number of amides is 1. The normalized spacial score (nSPS) is 19.3. The van der Waals surface area contributed by atoms with Crippen molar-refractivity contribution in [2.45, 2.75) is 57.4 Å². The lowest BCUT2D eigenvalue weighted by molar-refractivity contribution is -0.134. The van der Waals surface area contributed by atoms with Crippen molar-refractivity contribution in [1.82, 2.24) is 14.8 Å². The van der Waals surface area contributed by atoms with Crippen LogP contribution < -0.4 is 0 Å². The van der Waals surface area contributed by atoms with E-state index in [2.05, 4.69) is 26.9 Å². The number of nitrogens with one attached hydrogen (secondary N) is 1. The molecule has 0 atom stereocenters. The predicted octanol–water partition coefficient (Wildman–Crippen LogP) is 3.98. The molecule has 5 nitrogen and oxygen atoms in total. The Kier molecular flexibility index (Phi) is 7.23. The Hall–Kier alpha value is -1.85. The maximum absolute atomic E-state index is 13.3. The van der Waals surface area contributed by atoms with Gasteiger partial charge in [0.25, 0.3) is 0 Å². The largest absolute Gasteiger partial charge is 0.381 e. The number of hydrogen-bond donors (Lipinski definition) is 1. The first-order chi connectivity index (χ1) is 14.3. The van der Waals surface area contributed by atoms with E-state index in [1.807, 2.05) is 18.3 Å². The number of aromatic nitrogens is 1. The molecule has 158 valence electrons. The summed E-state index contributed by atoms with van der Waals surface area (Å²) in [5, 5.41) is 1.16. The van der Waals surface area contributed by atoms with Crippen LogP contribution in [-0.2, 0) is 16.0 Å². The second kappa shape index (κ2) is 10.3. The van der Waals surface area contributed by atoms with Gasteiger partial charge in [-0.05, 0) is 63.4 Å². The summed E-state index contributed by atoms with van der Waals surface area (Å²) in [7, 11) is 0. The van der Waals surface area contributed by atoms with Gasteiger partial charge in [-0.2, -0.15) is 0 Å². The number of ether oxygens (including phenoxy) is 1. The van der Waals surface area contributed by atoms with Gasteiger partial charge in [0, 0.05) is 42.9 Å². The lowest BCUT2D eigenvalue weighted by Crippen LogP contribution is -2.45. The number of fused-ring (bicyclic) bond motifs is 1. The molecule has 0 saturated carbocycles. The fourth-order valence-corrected chi connectivity index (χ4v) is 4.87. The highest BCUT2D eigenvalue weighted by Crippen LogP contribution is 2.21. The summed E-state index contributed by atoms with van der Waals surface area (Å²) in [4.78, 5) is 21.4. The van der Waals surface area contributed by atoms with E-state index < -0.39 is 0 Å². The Balaban J connectivity index is 1.39. The average molecular weight is 398 g/mol. The molecule has 2 saturated heterocycles. The number of rotatable bonds is 7. The number of carbonyl (C=O) groups excluding carboxylic acids is 1. The van der Waals surface area contributed by atoms with E-state index in [-0.39, 0.29) is 5.91 Å². The van der Waals surface area contributed by atoms with Crippen molar-refractivity contribution in [3.8, 4) is 0 Å². The van der Waals surface area contributed by atoms with Crippen LogP contribution in [0.5, 0.6) is 0 Å². The Bertz CT molecular complexity index is 773. The van der Waals surface area contributed by atoms with Crippen LogP contribution in [0.25, 0.3) is 10.9 Å². The molecule has 0 unspecified atom stereocenters. The number of nitrogens with zero attached hydrogens (tertiary/aromatic N) is 2. The summed E-state index contributed by atoms with van der Waals surface area (Å²) in [5.74, 6) is 0.262. The Labute approximate surface area is 174 Å². The molecular weight excluding hydrogens is 362 g/mol. The summed E-state index contributed by atoms with van der Waals surface area (Å²) in [5.41, 5.74) is 2.21. The van der Waals surface area contributed by atoms with Crippen molar-refractivity contribution in [3.05, 3.63) is 36.0 Å². The topological polar surface area (TPSA) is 48.6 Å². The van der Waals surface area contributed by atoms with Crippen LogP contribution in [0.4, 0.5) is 0 Å². The average Bonchev–Trinajstić information content (AvgIpc) is 2.97. The molecule has 0 radical (unpaired) electrons. The molecule has 29 heavy (non-hydrogen) atoms. The van der Waals surface area contributed by atoms with Crippen molar-refractivity contribution in [1.29, 1.82) is 0 Å². The van der Waals surface area contributed by atoms with Crippen LogP contribution in [-0.4, -0.2) is 66.1 Å². The van der Waals surface area contributed by atoms with Crippen LogP contribution in [0.15, 0.2) is 30.5 Å². The van der Waals surface area contributed by atoms with Crippen LogP contribution in [0, 0.1) is 0 Å². The van der Waals surface area contributed by atoms with Crippen molar-refractivity contribution < 1.29 is 9.53 Å². The second-order valence-corrected chi connectivity index (χ2v) is 8.58. The first-order valence-electron chi connectivity index (χ1n) is 11.5. The fourth-order valence-electron chi connectivity index (χ4n) is 4.87. The highest BCUT2D eigenvalue weighted by molar-refractivity contribution is 5.89. The van der Waals surface area contributed by atoms with Gasteiger partial charge in [0.15, 0.2) is 0 Å². The lowest BCUT2D eigenvalue weighted by Gasteiger charge is -2.35. The molecule has 0 bridgehead atoms. The Morgan fingerprint density at radius 2 is 1.86 bits per heavy atom. The molecule has 2 aliphatic rings. The fraction of sp³-hybridized carbons (Fsp3) is 0.625. The van der Waals surface area contributed by atoms with Crippen LogP contribution in [0.3, 0.4) is 0 Å². The summed E-state index contributed by atoms with van der Waals surface area (Å²) in [6.45, 7) is 5.96.